The number of hydrogen-bond acceptors (Lipinski definition) is 5. The smallest absolute Gasteiger partial charge is 0.316 e. The second-order valence-corrected chi connectivity index (χ2v) is 6.15. The lowest BCUT2D eigenvalue weighted by molar-refractivity contribution is -0.384. The van der Waals surface area contributed by atoms with Crippen LogP contribution in [0, 0.1) is 10.1 Å². The van der Waals surface area contributed by atoms with Crippen molar-refractivity contribution in [3.63, 3.8) is 0 Å². The first-order valence-corrected chi connectivity index (χ1v) is 8.15. The zero-order valence-corrected chi connectivity index (χ0v) is 13.8. The molecule has 0 N–H and O–H groups in total. The van der Waals surface area contributed by atoms with Gasteiger partial charge in [0.2, 0.25) is 0 Å². The number of rotatable bonds is 6. The summed E-state index contributed by atoms with van der Waals surface area (Å²) in [7, 11) is 0. The molecule has 2 aromatic rings. The molecule has 1 atom stereocenters. The van der Waals surface area contributed by atoms with E-state index in [0.29, 0.717) is 5.02 Å². The maximum atomic E-state index is 11.9. The fourth-order valence-corrected chi connectivity index (χ4v) is 2.88. The Hall–Kier alpha value is -2.05. The molecule has 5 nitrogen and oxygen atoms in total. The Morgan fingerprint density at radius 1 is 1.26 bits per heavy atom. The molecule has 0 heterocycles. The first-order chi connectivity index (χ1) is 11.0. The fraction of sp³-hybridized carbons (Fsp3) is 0.188. The van der Waals surface area contributed by atoms with Crippen molar-refractivity contribution < 1.29 is 14.5 Å². The molecular weight excluding hydrogens is 338 g/mol. The molecule has 2 aromatic carbocycles. The van der Waals surface area contributed by atoms with Crippen LogP contribution in [0.3, 0.4) is 0 Å². The van der Waals surface area contributed by atoms with Gasteiger partial charge in [-0.05, 0) is 25.1 Å². The Balaban J connectivity index is 1.87. The summed E-state index contributed by atoms with van der Waals surface area (Å²) in [5.74, 6) is -0.257. The predicted molar refractivity (Wildman–Crippen MR) is 89.8 cm³/mol. The third kappa shape index (κ3) is 4.97. The normalized spacial score (nSPS) is 11.7. The van der Waals surface area contributed by atoms with Gasteiger partial charge in [-0.2, -0.15) is 0 Å². The summed E-state index contributed by atoms with van der Waals surface area (Å²) < 4.78 is 5.35. The monoisotopic (exact) mass is 351 g/mol. The van der Waals surface area contributed by atoms with Crippen LogP contribution in [0.15, 0.2) is 53.4 Å². The predicted octanol–water partition coefficient (Wildman–Crippen LogP) is 4.64. The average Bonchev–Trinajstić information content (AvgIpc) is 2.53. The molecule has 0 aliphatic rings. The molecule has 0 aliphatic heterocycles. The largest absolute Gasteiger partial charge is 0.457 e. The lowest BCUT2D eigenvalue weighted by atomic mass is 10.1. The van der Waals surface area contributed by atoms with Crippen molar-refractivity contribution in [3.05, 3.63) is 69.2 Å². The molecule has 0 spiro atoms. The van der Waals surface area contributed by atoms with Gasteiger partial charge in [-0.3, -0.25) is 14.9 Å². The third-order valence-corrected chi connectivity index (χ3v) is 4.39. The van der Waals surface area contributed by atoms with Crippen LogP contribution >= 0.6 is 23.4 Å². The molecular formula is C16H14ClNO4S. The van der Waals surface area contributed by atoms with E-state index >= 15 is 0 Å². The van der Waals surface area contributed by atoms with E-state index in [1.807, 2.05) is 18.2 Å². The Bertz CT molecular complexity index is 705. The zero-order valence-electron chi connectivity index (χ0n) is 12.3. The molecule has 0 unspecified atom stereocenters. The van der Waals surface area contributed by atoms with Gasteiger partial charge in [-0.1, -0.05) is 29.8 Å². The Morgan fingerprint density at radius 2 is 1.91 bits per heavy atom. The van der Waals surface area contributed by atoms with Crippen LogP contribution in [0.1, 0.15) is 18.6 Å². The molecule has 0 radical (unpaired) electrons. The molecule has 0 saturated heterocycles. The number of nitro benzene ring substituents is 1. The molecule has 0 aliphatic carbocycles. The number of nitrogens with zero attached hydrogens (tertiary/aromatic N) is 1. The number of carbonyl (C=O) groups is 1. The van der Waals surface area contributed by atoms with Gasteiger partial charge in [0, 0.05) is 27.6 Å². The van der Waals surface area contributed by atoms with Gasteiger partial charge in [0.1, 0.15) is 6.10 Å². The second-order valence-electron chi connectivity index (χ2n) is 4.69. The minimum atomic E-state index is -0.464. The van der Waals surface area contributed by atoms with Crippen molar-refractivity contribution >= 4 is 35.0 Å². The van der Waals surface area contributed by atoms with Crippen molar-refractivity contribution in [2.75, 3.05) is 5.75 Å². The number of benzene rings is 2. The zero-order chi connectivity index (χ0) is 16.8. The molecule has 0 amide bonds. The summed E-state index contributed by atoms with van der Waals surface area (Å²) in [6.45, 7) is 1.76. The maximum Gasteiger partial charge on any atom is 0.316 e. The maximum absolute atomic E-state index is 11.9. The molecule has 2 rings (SSSR count). The van der Waals surface area contributed by atoms with Crippen LogP contribution in [-0.4, -0.2) is 16.6 Å². The van der Waals surface area contributed by atoms with Crippen LogP contribution < -0.4 is 0 Å². The van der Waals surface area contributed by atoms with Gasteiger partial charge >= 0.3 is 5.97 Å². The summed E-state index contributed by atoms with van der Waals surface area (Å²) in [5.41, 5.74) is 0.770. The lowest BCUT2D eigenvalue weighted by Crippen LogP contribution is -2.11. The molecule has 7 heteroatoms. The van der Waals surface area contributed by atoms with Crippen LogP contribution in [0.25, 0.3) is 0 Å². The van der Waals surface area contributed by atoms with Crippen molar-refractivity contribution in [1.82, 2.24) is 0 Å². The third-order valence-electron chi connectivity index (χ3n) is 3.06. The number of esters is 1. The van der Waals surface area contributed by atoms with Crippen molar-refractivity contribution in [3.8, 4) is 0 Å². The minimum Gasteiger partial charge on any atom is -0.457 e. The number of nitro groups is 1. The Morgan fingerprint density at radius 3 is 2.52 bits per heavy atom. The molecule has 0 bridgehead atoms. The number of non-ortho nitro benzene ring substituents is 1. The van der Waals surface area contributed by atoms with Crippen molar-refractivity contribution in [2.45, 2.75) is 17.9 Å². The van der Waals surface area contributed by atoms with E-state index in [1.54, 1.807) is 25.1 Å². The van der Waals surface area contributed by atoms with Crippen LogP contribution in [0.5, 0.6) is 0 Å². The van der Waals surface area contributed by atoms with E-state index in [4.69, 9.17) is 16.3 Å². The highest BCUT2D eigenvalue weighted by molar-refractivity contribution is 8.00. The number of carbonyl (C=O) groups excluding carboxylic acids is 1. The highest BCUT2D eigenvalue weighted by atomic mass is 35.5. The quantitative estimate of drug-likeness (QED) is 0.328. The Kier molecular flexibility index (Phi) is 6.01. The topological polar surface area (TPSA) is 69.4 Å². The van der Waals surface area contributed by atoms with Gasteiger partial charge in [-0.25, -0.2) is 0 Å². The van der Waals surface area contributed by atoms with E-state index in [1.165, 1.54) is 23.9 Å². The summed E-state index contributed by atoms with van der Waals surface area (Å²) in [4.78, 5) is 22.8. The van der Waals surface area contributed by atoms with E-state index in [9.17, 15) is 14.9 Å². The van der Waals surface area contributed by atoms with Gasteiger partial charge in [0.15, 0.2) is 0 Å². The Labute approximate surface area is 142 Å². The second kappa shape index (κ2) is 7.99. The van der Waals surface area contributed by atoms with Crippen molar-refractivity contribution in [2.24, 2.45) is 0 Å². The van der Waals surface area contributed by atoms with Gasteiger partial charge in [0.05, 0.1) is 10.7 Å². The molecule has 0 fully saturated rings. The van der Waals surface area contributed by atoms with Gasteiger partial charge in [0.25, 0.3) is 5.69 Å². The fourth-order valence-electron chi connectivity index (χ4n) is 1.91. The molecule has 120 valence electrons. The molecule has 23 heavy (non-hydrogen) atoms. The summed E-state index contributed by atoms with van der Waals surface area (Å²) in [5, 5.41) is 11.1. The van der Waals surface area contributed by atoms with Crippen LogP contribution in [0.2, 0.25) is 5.02 Å². The van der Waals surface area contributed by atoms with Gasteiger partial charge < -0.3 is 4.74 Å². The first-order valence-electron chi connectivity index (χ1n) is 6.78. The van der Waals surface area contributed by atoms with Gasteiger partial charge in [-0.15, -0.1) is 11.8 Å². The SMILES string of the molecule is C[C@H](OC(=O)CSc1ccc([N+](=O)[O-])cc1)c1ccccc1Cl. The number of ether oxygens (including phenoxy) is 1. The van der Waals surface area contributed by atoms with E-state index < -0.39 is 11.0 Å². The summed E-state index contributed by atoms with van der Waals surface area (Å²) >= 11 is 7.32. The highest BCUT2D eigenvalue weighted by Gasteiger charge is 2.14. The number of halogens is 1. The van der Waals surface area contributed by atoms with Crippen LogP contribution in [-0.2, 0) is 9.53 Å². The minimum absolute atomic E-state index is 0.0178. The van der Waals surface area contributed by atoms with E-state index in [2.05, 4.69) is 0 Å². The average molecular weight is 352 g/mol. The molecule has 0 saturated carbocycles. The van der Waals surface area contributed by atoms with Crippen LogP contribution in [0.4, 0.5) is 5.69 Å². The number of hydrogen-bond donors (Lipinski definition) is 0. The first kappa shape index (κ1) is 17.3. The highest BCUT2D eigenvalue weighted by Crippen LogP contribution is 2.26. The standard InChI is InChI=1S/C16H14ClNO4S/c1-11(14-4-2-3-5-15(14)17)22-16(19)10-23-13-8-6-12(7-9-13)18(20)21/h2-9,11H,10H2,1H3/t11-/m0/s1. The molecule has 0 aromatic heterocycles. The lowest BCUT2D eigenvalue weighted by Gasteiger charge is -2.14. The number of thioether (sulfide) groups is 1. The summed E-state index contributed by atoms with van der Waals surface area (Å²) in [6.07, 6.45) is -0.436. The summed E-state index contributed by atoms with van der Waals surface area (Å²) in [6, 6.07) is 13.2. The van der Waals surface area contributed by atoms with E-state index in [-0.39, 0.29) is 17.4 Å². The van der Waals surface area contributed by atoms with Crippen molar-refractivity contribution in [1.29, 1.82) is 0 Å². The van der Waals surface area contributed by atoms with E-state index in [0.717, 1.165) is 10.5 Å².